The smallest absolute Gasteiger partial charge is 0.273 e. The molecule has 1 aromatic rings. The van der Waals surface area contributed by atoms with Crippen LogP contribution in [0.4, 0.5) is 5.69 Å². The lowest BCUT2D eigenvalue weighted by atomic mass is 9.91. The van der Waals surface area contributed by atoms with Crippen LogP contribution in [0.15, 0.2) is 22.7 Å². The third-order valence-corrected chi connectivity index (χ3v) is 3.11. The zero-order chi connectivity index (χ0) is 13.8. The number of ether oxygens (including phenoxy) is 1. The van der Waals surface area contributed by atoms with Crippen molar-refractivity contribution < 1.29 is 9.66 Å². The molecule has 1 rings (SSSR count). The Balaban J connectivity index is 2.56. The first-order valence-corrected chi connectivity index (χ1v) is 6.66. The highest BCUT2D eigenvalue weighted by molar-refractivity contribution is 9.10. The number of rotatable bonds is 5. The number of nitro benzene ring substituents is 1. The van der Waals surface area contributed by atoms with Crippen LogP contribution in [0.5, 0.6) is 5.75 Å². The Hall–Kier alpha value is -1.10. The summed E-state index contributed by atoms with van der Waals surface area (Å²) in [5, 5.41) is 10.7. The zero-order valence-electron chi connectivity index (χ0n) is 10.9. The first-order chi connectivity index (χ1) is 8.29. The molecule has 0 aliphatic carbocycles. The number of nitro groups is 1. The van der Waals surface area contributed by atoms with Crippen molar-refractivity contribution in [1.82, 2.24) is 0 Å². The van der Waals surface area contributed by atoms with Gasteiger partial charge in [0.15, 0.2) is 0 Å². The Bertz CT molecular complexity index is 427. The van der Waals surface area contributed by atoms with Gasteiger partial charge in [0.25, 0.3) is 5.69 Å². The molecule has 0 aromatic heterocycles. The number of halogens is 1. The van der Waals surface area contributed by atoms with Crippen molar-refractivity contribution in [2.24, 2.45) is 5.41 Å². The summed E-state index contributed by atoms with van der Waals surface area (Å²) in [7, 11) is 0. The summed E-state index contributed by atoms with van der Waals surface area (Å²) in [6.45, 7) is 7.10. The van der Waals surface area contributed by atoms with Gasteiger partial charge in [-0.05, 0) is 40.3 Å². The first kappa shape index (κ1) is 15.0. The van der Waals surface area contributed by atoms with E-state index in [1.807, 2.05) is 0 Å². The van der Waals surface area contributed by atoms with Gasteiger partial charge in [0.2, 0.25) is 0 Å². The summed E-state index contributed by atoms with van der Waals surface area (Å²) in [6, 6.07) is 4.53. The molecule has 0 fully saturated rings. The molecule has 0 atom stereocenters. The van der Waals surface area contributed by atoms with Gasteiger partial charge in [0.05, 0.1) is 22.1 Å². The van der Waals surface area contributed by atoms with Gasteiger partial charge >= 0.3 is 0 Å². The largest absolute Gasteiger partial charge is 0.492 e. The highest BCUT2D eigenvalue weighted by Gasteiger charge is 2.12. The van der Waals surface area contributed by atoms with Crippen LogP contribution >= 0.6 is 15.9 Å². The fraction of sp³-hybridized carbons (Fsp3) is 0.538. The lowest BCUT2D eigenvalue weighted by Crippen LogP contribution is -2.08. The van der Waals surface area contributed by atoms with E-state index in [2.05, 4.69) is 36.7 Å². The van der Waals surface area contributed by atoms with Crippen LogP contribution in [0.3, 0.4) is 0 Å². The predicted octanol–water partition coefficient (Wildman–Crippen LogP) is 4.56. The molecule has 0 spiro atoms. The number of non-ortho nitro benzene ring substituents is 1. The van der Waals surface area contributed by atoms with E-state index < -0.39 is 4.92 Å². The highest BCUT2D eigenvalue weighted by atomic mass is 79.9. The molecule has 1 aromatic carbocycles. The molecule has 0 bridgehead atoms. The zero-order valence-corrected chi connectivity index (χ0v) is 12.5. The van der Waals surface area contributed by atoms with Crippen molar-refractivity contribution in [2.45, 2.75) is 33.6 Å². The molecule has 0 saturated heterocycles. The van der Waals surface area contributed by atoms with E-state index >= 15 is 0 Å². The van der Waals surface area contributed by atoms with Gasteiger partial charge in [0, 0.05) is 6.07 Å². The van der Waals surface area contributed by atoms with Gasteiger partial charge in [-0.3, -0.25) is 10.1 Å². The summed E-state index contributed by atoms with van der Waals surface area (Å²) in [5.41, 5.74) is 0.326. The Kier molecular flexibility index (Phi) is 5.14. The molecular formula is C13H18BrNO3. The number of benzene rings is 1. The standard InChI is InChI=1S/C13H18BrNO3/c1-13(2,3)7-4-8-18-12-9-10(15(16)17)5-6-11(12)14/h5-6,9H,4,7-8H2,1-3H3. The van der Waals surface area contributed by atoms with E-state index in [0.29, 0.717) is 12.4 Å². The lowest BCUT2D eigenvalue weighted by molar-refractivity contribution is -0.385. The van der Waals surface area contributed by atoms with E-state index in [9.17, 15) is 10.1 Å². The minimum atomic E-state index is -0.422. The lowest BCUT2D eigenvalue weighted by Gasteiger charge is -2.17. The molecule has 0 unspecified atom stereocenters. The Labute approximate surface area is 116 Å². The Morgan fingerprint density at radius 3 is 2.61 bits per heavy atom. The normalized spacial score (nSPS) is 11.3. The van der Waals surface area contributed by atoms with Crippen LogP contribution in [-0.2, 0) is 0 Å². The Morgan fingerprint density at radius 1 is 1.39 bits per heavy atom. The summed E-state index contributed by atoms with van der Waals surface area (Å²) in [6.07, 6.45) is 1.98. The first-order valence-electron chi connectivity index (χ1n) is 5.86. The second kappa shape index (κ2) is 6.18. The summed E-state index contributed by atoms with van der Waals surface area (Å²) in [4.78, 5) is 10.2. The number of hydrogen-bond donors (Lipinski definition) is 0. The van der Waals surface area contributed by atoms with E-state index in [1.165, 1.54) is 12.1 Å². The molecule has 18 heavy (non-hydrogen) atoms. The number of nitrogens with zero attached hydrogens (tertiary/aromatic N) is 1. The van der Waals surface area contributed by atoms with Gasteiger partial charge in [-0.2, -0.15) is 0 Å². The Morgan fingerprint density at radius 2 is 2.06 bits per heavy atom. The molecule has 5 heteroatoms. The SMILES string of the molecule is CC(C)(C)CCCOc1cc([N+](=O)[O-])ccc1Br. The molecule has 0 N–H and O–H groups in total. The molecule has 0 heterocycles. The van der Waals surface area contributed by atoms with Crippen LogP contribution in [0.1, 0.15) is 33.6 Å². The van der Waals surface area contributed by atoms with Gasteiger partial charge in [-0.1, -0.05) is 20.8 Å². The second-order valence-corrected chi connectivity index (χ2v) is 6.24. The molecule has 4 nitrogen and oxygen atoms in total. The summed E-state index contributed by atoms with van der Waals surface area (Å²) < 4.78 is 6.31. The fourth-order valence-electron chi connectivity index (χ4n) is 1.50. The third kappa shape index (κ3) is 5.04. The van der Waals surface area contributed by atoms with Crippen molar-refractivity contribution in [3.8, 4) is 5.75 Å². The minimum absolute atomic E-state index is 0.0454. The van der Waals surface area contributed by atoms with Crippen LogP contribution in [0.2, 0.25) is 0 Å². The molecular weight excluding hydrogens is 298 g/mol. The molecule has 100 valence electrons. The topological polar surface area (TPSA) is 52.4 Å². The van der Waals surface area contributed by atoms with E-state index in [4.69, 9.17) is 4.74 Å². The number of hydrogen-bond acceptors (Lipinski definition) is 3. The van der Waals surface area contributed by atoms with E-state index in [-0.39, 0.29) is 11.1 Å². The van der Waals surface area contributed by atoms with Crippen molar-refractivity contribution in [2.75, 3.05) is 6.61 Å². The van der Waals surface area contributed by atoms with Crippen LogP contribution in [0.25, 0.3) is 0 Å². The molecule has 0 radical (unpaired) electrons. The van der Waals surface area contributed by atoms with Gasteiger partial charge in [-0.15, -0.1) is 0 Å². The summed E-state index contributed by atoms with van der Waals surface area (Å²) in [5.74, 6) is 0.526. The summed E-state index contributed by atoms with van der Waals surface area (Å²) >= 11 is 3.32. The van der Waals surface area contributed by atoms with Gasteiger partial charge in [-0.25, -0.2) is 0 Å². The van der Waals surface area contributed by atoms with Crippen molar-refractivity contribution in [1.29, 1.82) is 0 Å². The van der Waals surface area contributed by atoms with Crippen LogP contribution in [0, 0.1) is 15.5 Å². The maximum atomic E-state index is 10.7. The van der Waals surface area contributed by atoms with Crippen molar-refractivity contribution in [3.63, 3.8) is 0 Å². The maximum absolute atomic E-state index is 10.7. The highest BCUT2D eigenvalue weighted by Crippen LogP contribution is 2.29. The van der Waals surface area contributed by atoms with Gasteiger partial charge < -0.3 is 4.74 Å². The van der Waals surface area contributed by atoms with Crippen LogP contribution in [-0.4, -0.2) is 11.5 Å². The van der Waals surface area contributed by atoms with Crippen molar-refractivity contribution in [3.05, 3.63) is 32.8 Å². The molecule has 0 saturated carbocycles. The van der Waals surface area contributed by atoms with Crippen LogP contribution < -0.4 is 4.74 Å². The molecule has 0 amide bonds. The molecule has 0 aliphatic rings. The van der Waals surface area contributed by atoms with E-state index in [1.54, 1.807) is 6.07 Å². The quantitative estimate of drug-likeness (QED) is 0.454. The van der Waals surface area contributed by atoms with Gasteiger partial charge in [0.1, 0.15) is 5.75 Å². The minimum Gasteiger partial charge on any atom is -0.492 e. The average molecular weight is 316 g/mol. The second-order valence-electron chi connectivity index (χ2n) is 5.38. The predicted molar refractivity (Wildman–Crippen MR) is 75.0 cm³/mol. The fourth-order valence-corrected chi connectivity index (χ4v) is 1.86. The average Bonchev–Trinajstić information content (AvgIpc) is 2.24. The third-order valence-electron chi connectivity index (χ3n) is 2.45. The van der Waals surface area contributed by atoms with Crippen molar-refractivity contribution >= 4 is 21.6 Å². The molecule has 0 aliphatic heterocycles. The monoisotopic (exact) mass is 315 g/mol. The van der Waals surface area contributed by atoms with E-state index in [0.717, 1.165) is 17.3 Å². The maximum Gasteiger partial charge on any atom is 0.273 e.